The molecule has 2 nitrogen and oxygen atoms in total. The van der Waals surface area contributed by atoms with Crippen LogP contribution in [0.5, 0.6) is 0 Å². The Bertz CT molecular complexity index is 122. The standard InChI is InChI=1S/C8H17F2NO/c1-4-11-8(3,7(9)10)6-12-5-2/h7,11H,4-6H2,1-3H3. The van der Waals surface area contributed by atoms with Crippen molar-refractivity contribution in [3.05, 3.63) is 0 Å². The Morgan fingerprint density at radius 2 is 2.00 bits per heavy atom. The number of hydrogen-bond acceptors (Lipinski definition) is 2. The number of ether oxygens (including phenoxy) is 1. The molecule has 0 spiro atoms. The smallest absolute Gasteiger partial charge is 0.258 e. The number of rotatable bonds is 6. The van der Waals surface area contributed by atoms with E-state index in [-0.39, 0.29) is 6.61 Å². The molecule has 1 atom stereocenters. The molecule has 0 amide bonds. The van der Waals surface area contributed by atoms with Gasteiger partial charge in [0.25, 0.3) is 6.43 Å². The van der Waals surface area contributed by atoms with E-state index < -0.39 is 12.0 Å². The van der Waals surface area contributed by atoms with Gasteiger partial charge in [-0.3, -0.25) is 0 Å². The maximum atomic E-state index is 12.5. The number of hydrogen-bond donors (Lipinski definition) is 1. The first-order valence-electron chi connectivity index (χ1n) is 4.17. The second-order valence-electron chi connectivity index (χ2n) is 2.89. The van der Waals surface area contributed by atoms with Gasteiger partial charge in [0.05, 0.1) is 6.61 Å². The van der Waals surface area contributed by atoms with Gasteiger partial charge >= 0.3 is 0 Å². The Morgan fingerprint density at radius 3 is 2.33 bits per heavy atom. The molecule has 1 N–H and O–H groups in total. The van der Waals surface area contributed by atoms with Gasteiger partial charge in [-0.05, 0) is 20.4 Å². The maximum Gasteiger partial charge on any atom is 0.258 e. The summed E-state index contributed by atoms with van der Waals surface area (Å²) in [6.45, 7) is 6.10. The van der Waals surface area contributed by atoms with Crippen molar-refractivity contribution in [1.82, 2.24) is 5.32 Å². The Kier molecular flexibility index (Phi) is 5.33. The topological polar surface area (TPSA) is 21.3 Å². The fraction of sp³-hybridized carbons (Fsp3) is 1.00. The van der Waals surface area contributed by atoms with Crippen LogP contribution in [0.3, 0.4) is 0 Å². The molecule has 0 aliphatic heterocycles. The number of alkyl halides is 2. The van der Waals surface area contributed by atoms with Crippen LogP contribution < -0.4 is 5.32 Å². The van der Waals surface area contributed by atoms with Gasteiger partial charge in [-0.2, -0.15) is 0 Å². The molecule has 4 heteroatoms. The van der Waals surface area contributed by atoms with Crippen molar-refractivity contribution in [1.29, 1.82) is 0 Å². The molecule has 0 rings (SSSR count). The SMILES string of the molecule is CCNC(C)(COCC)C(F)F. The Balaban J connectivity index is 3.99. The number of likely N-dealkylation sites (N-methyl/N-ethyl adjacent to an activating group) is 1. The van der Waals surface area contributed by atoms with E-state index in [0.29, 0.717) is 13.2 Å². The maximum absolute atomic E-state index is 12.5. The monoisotopic (exact) mass is 181 g/mol. The van der Waals surface area contributed by atoms with Gasteiger partial charge in [0.15, 0.2) is 0 Å². The van der Waals surface area contributed by atoms with Gasteiger partial charge in [-0.25, -0.2) is 8.78 Å². The van der Waals surface area contributed by atoms with Crippen LogP contribution in [0.4, 0.5) is 8.78 Å². The number of nitrogens with one attached hydrogen (secondary N) is 1. The summed E-state index contributed by atoms with van der Waals surface area (Å²) >= 11 is 0. The molecule has 0 aromatic heterocycles. The van der Waals surface area contributed by atoms with Crippen molar-refractivity contribution in [2.24, 2.45) is 0 Å². The first-order chi connectivity index (χ1) is 5.56. The molecule has 0 aromatic rings. The van der Waals surface area contributed by atoms with E-state index in [2.05, 4.69) is 5.32 Å². The molecular weight excluding hydrogens is 164 g/mol. The van der Waals surface area contributed by atoms with Crippen molar-refractivity contribution < 1.29 is 13.5 Å². The van der Waals surface area contributed by atoms with Crippen LogP contribution in [0.2, 0.25) is 0 Å². The first kappa shape index (κ1) is 11.8. The molecule has 0 aliphatic rings. The van der Waals surface area contributed by atoms with Crippen LogP contribution in [0.15, 0.2) is 0 Å². The lowest BCUT2D eigenvalue weighted by atomic mass is 10.1. The molecule has 0 aromatic carbocycles. The van der Waals surface area contributed by atoms with Crippen LogP contribution in [0, 0.1) is 0 Å². The highest BCUT2D eigenvalue weighted by molar-refractivity contribution is 4.85. The van der Waals surface area contributed by atoms with Crippen LogP contribution in [-0.2, 0) is 4.74 Å². The predicted molar refractivity (Wildman–Crippen MR) is 44.6 cm³/mol. The second-order valence-corrected chi connectivity index (χ2v) is 2.89. The van der Waals surface area contributed by atoms with Crippen LogP contribution in [0.25, 0.3) is 0 Å². The largest absolute Gasteiger partial charge is 0.380 e. The highest BCUT2D eigenvalue weighted by Crippen LogP contribution is 2.15. The fourth-order valence-corrected chi connectivity index (χ4v) is 0.909. The zero-order chi connectivity index (χ0) is 9.61. The van der Waals surface area contributed by atoms with Crippen molar-refractivity contribution >= 4 is 0 Å². The van der Waals surface area contributed by atoms with Gasteiger partial charge in [0, 0.05) is 6.61 Å². The molecule has 0 bridgehead atoms. The summed E-state index contributed by atoms with van der Waals surface area (Å²) in [5, 5.41) is 2.72. The normalized spacial score (nSPS) is 16.5. The van der Waals surface area contributed by atoms with Crippen LogP contribution in [-0.4, -0.2) is 31.7 Å². The lowest BCUT2D eigenvalue weighted by molar-refractivity contribution is -0.0180. The summed E-state index contributed by atoms with van der Waals surface area (Å²) in [7, 11) is 0. The van der Waals surface area contributed by atoms with E-state index in [0.717, 1.165) is 0 Å². The van der Waals surface area contributed by atoms with Crippen LogP contribution in [0.1, 0.15) is 20.8 Å². The minimum Gasteiger partial charge on any atom is -0.380 e. The van der Waals surface area contributed by atoms with E-state index >= 15 is 0 Å². The summed E-state index contributed by atoms with van der Waals surface area (Å²) in [6, 6.07) is 0. The summed E-state index contributed by atoms with van der Waals surface area (Å²) in [5.41, 5.74) is -1.20. The summed E-state index contributed by atoms with van der Waals surface area (Å²) in [5.74, 6) is 0. The minimum atomic E-state index is -2.40. The molecule has 12 heavy (non-hydrogen) atoms. The fourth-order valence-electron chi connectivity index (χ4n) is 0.909. The van der Waals surface area contributed by atoms with Gasteiger partial charge in [-0.15, -0.1) is 0 Å². The molecule has 74 valence electrons. The van der Waals surface area contributed by atoms with Crippen LogP contribution >= 0.6 is 0 Å². The first-order valence-corrected chi connectivity index (χ1v) is 4.17. The third-order valence-electron chi connectivity index (χ3n) is 1.67. The molecule has 0 saturated heterocycles. The highest BCUT2D eigenvalue weighted by Gasteiger charge is 2.33. The molecule has 0 fully saturated rings. The van der Waals surface area contributed by atoms with E-state index in [4.69, 9.17) is 4.74 Å². The average Bonchev–Trinajstić information content (AvgIpc) is 2.01. The highest BCUT2D eigenvalue weighted by atomic mass is 19.3. The summed E-state index contributed by atoms with van der Waals surface area (Å²) in [4.78, 5) is 0. The molecular formula is C8H17F2NO. The summed E-state index contributed by atoms with van der Waals surface area (Å²) in [6.07, 6.45) is -2.40. The van der Waals surface area contributed by atoms with Gasteiger partial charge < -0.3 is 10.1 Å². The summed E-state index contributed by atoms with van der Waals surface area (Å²) < 4.78 is 29.9. The van der Waals surface area contributed by atoms with Gasteiger partial charge in [0.1, 0.15) is 5.54 Å². The molecule has 1 unspecified atom stereocenters. The molecule has 0 aliphatic carbocycles. The third kappa shape index (κ3) is 3.45. The third-order valence-corrected chi connectivity index (χ3v) is 1.67. The predicted octanol–water partition coefficient (Wildman–Crippen LogP) is 1.66. The van der Waals surface area contributed by atoms with Crippen molar-refractivity contribution in [2.45, 2.75) is 32.7 Å². The van der Waals surface area contributed by atoms with E-state index in [1.165, 1.54) is 6.92 Å². The Hall–Kier alpha value is -0.220. The van der Waals surface area contributed by atoms with E-state index in [9.17, 15) is 8.78 Å². The lowest BCUT2D eigenvalue weighted by Crippen LogP contribution is -2.52. The molecule has 0 saturated carbocycles. The van der Waals surface area contributed by atoms with E-state index in [1.807, 2.05) is 0 Å². The molecule has 0 heterocycles. The Morgan fingerprint density at radius 1 is 1.42 bits per heavy atom. The van der Waals surface area contributed by atoms with Crippen molar-refractivity contribution in [3.8, 4) is 0 Å². The lowest BCUT2D eigenvalue weighted by Gasteiger charge is -2.29. The molecule has 0 radical (unpaired) electrons. The quantitative estimate of drug-likeness (QED) is 0.672. The minimum absolute atomic E-state index is 0.0506. The number of halogens is 2. The van der Waals surface area contributed by atoms with Crippen molar-refractivity contribution in [3.63, 3.8) is 0 Å². The zero-order valence-electron chi connectivity index (χ0n) is 7.86. The van der Waals surface area contributed by atoms with E-state index in [1.54, 1.807) is 13.8 Å². The zero-order valence-corrected chi connectivity index (χ0v) is 7.86. The Labute approximate surface area is 72.3 Å². The van der Waals surface area contributed by atoms with Crippen molar-refractivity contribution in [2.75, 3.05) is 19.8 Å². The van der Waals surface area contributed by atoms with Gasteiger partial charge in [-0.1, -0.05) is 6.92 Å². The second kappa shape index (κ2) is 5.43. The van der Waals surface area contributed by atoms with Gasteiger partial charge in [0.2, 0.25) is 0 Å². The average molecular weight is 181 g/mol.